The Morgan fingerprint density at radius 3 is 2.92 bits per heavy atom. The van der Waals surface area contributed by atoms with Crippen molar-refractivity contribution in [2.75, 3.05) is 6.61 Å². The van der Waals surface area contributed by atoms with Crippen molar-refractivity contribution >= 4 is 17.2 Å². The molecule has 1 atom stereocenters. The summed E-state index contributed by atoms with van der Waals surface area (Å²) in [6.45, 7) is 1.89. The molecule has 124 valence electrons. The van der Waals surface area contributed by atoms with Crippen LogP contribution >= 0.6 is 0 Å². The van der Waals surface area contributed by atoms with Gasteiger partial charge in [-0.25, -0.2) is 14.8 Å². The van der Waals surface area contributed by atoms with Crippen LogP contribution in [0.25, 0.3) is 22.7 Å². The molecule has 2 heterocycles. The van der Waals surface area contributed by atoms with Crippen LogP contribution in [0.5, 0.6) is 11.5 Å². The van der Waals surface area contributed by atoms with E-state index in [-0.39, 0.29) is 18.4 Å². The summed E-state index contributed by atoms with van der Waals surface area (Å²) in [5, 5.41) is 20.3. The van der Waals surface area contributed by atoms with E-state index in [9.17, 15) is 9.90 Å². The molecule has 0 aliphatic carbocycles. The summed E-state index contributed by atoms with van der Waals surface area (Å²) in [6.07, 6.45) is 0.413. The molecule has 0 saturated carbocycles. The second kappa shape index (κ2) is 6.45. The van der Waals surface area contributed by atoms with Gasteiger partial charge in [-0.05, 0) is 31.2 Å². The van der Waals surface area contributed by atoms with Crippen molar-refractivity contribution in [3.05, 3.63) is 36.5 Å². The highest BCUT2D eigenvalue weighted by Gasteiger charge is 2.11. The van der Waals surface area contributed by atoms with E-state index in [1.165, 1.54) is 18.3 Å². The average Bonchev–Trinajstić information content (AvgIpc) is 2.96. The molecular weight excluding hydrogens is 314 g/mol. The number of benzene rings is 1. The van der Waals surface area contributed by atoms with E-state index < -0.39 is 6.09 Å². The van der Waals surface area contributed by atoms with Gasteiger partial charge in [0.15, 0.2) is 5.58 Å². The number of hydrogen-bond donors (Lipinski definition) is 3. The SMILES string of the molecule is C[C@@H](COc1ccc(-c2nc3ccc(O)cc3o2)nc1)NC(=O)O. The predicted molar refractivity (Wildman–Crippen MR) is 85.0 cm³/mol. The smallest absolute Gasteiger partial charge is 0.404 e. The van der Waals surface area contributed by atoms with E-state index in [1.807, 2.05) is 0 Å². The number of phenolic OH excluding ortho intramolecular Hbond substituents is 1. The number of phenols is 1. The van der Waals surface area contributed by atoms with Crippen LogP contribution in [-0.2, 0) is 0 Å². The topological polar surface area (TPSA) is 118 Å². The molecule has 0 aliphatic rings. The zero-order chi connectivity index (χ0) is 17.1. The zero-order valence-corrected chi connectivity index (χ0v) is 12.8. The van der Waals surface area contributed by atoms with Gasteiger partial charge in [0.2, 0.25) is 5.89 Å². The van der Waals surface area contributed by atoms with E-state index >= 15 is 0 Å². The van der Waals surface area contributed by atoms with Crippen molar-refractivity contribution in [3.63, 3.8) is 0 Å². The van der Waals surface area contributed by atoms with Gasteiger partial charge in [0.25, 0.3) is 0 Å². The Balaban J connectivity index is 1.70. The molecule has 8 nitrogen and oxygen atoms in total. The van der Waals surface area contributed by atoms with Gasteiger partial charge >= 0.3 is 6.09 Å². The lowest BCUT2D eigenvalue weighted by Crippen LogP contribution is -2.35. The standard InChI is InChI=1S/C16H15N3O5/c1-9(18-16(21)22)8-23-11-3-5-13(17-7-11)15-19-12-4-2-10(20)6-14(12)24-15/h2-7,9,18,20H,8H2,1H3,(H,21,22)/t9-/m0/s1. The van der Waals surface area contributed by atoms with E-state index in [0.29, 0.717) is 28.4 Å². The number of rotatable bonds is 5. The van der Waals surface area contributed by atoms with Crippen LogP contribution < -0.4 is 10.1 Å². The van der Waals surface area contributed by atoms with Gasteiger partial charge in [0.1, 0.15) is 29.3 Å². The van der Waals surface area contributed by atoms with Crippen LogP contribution in [0, 0.1) is 0 Å². The molecule has 8 heteroatoms. The first kappa shape index (κ1) is 15.6. The number of ether oxygens (including phenoxy) is 1. The molecule has 1 amide bonds. The zero-order valence-electron chi connectivity index (χ0n) is 12.8. The third-order valence-corrected chi connectivity index (χ3v) is 3.20. The van der Waals surface area contributed by atoms with Crippen molar-refractivity contribution in [1.82, 2.24) is 15.3 Å². The van der Waals surface area contributed by atoms with Crippen LogP contribution in [0.1, 0.15) is 6.92 Å². The molecule has 0 radical (unpaired) electrons. The van der Waals surface area contributed by atoms with Crippen molar-refractivity contribution in [2.45, 2.75) is 13.0 Å². The number of oxazole rings is 1. The number of nitrogens with one attached hydrogen (secondary N) is 1. The summed E-state index contributed by atoms with van der Waals surface area (Å²) in [7, 11) is 0. The third-order valence-electron chi connectivity index (χ3n) is 3.20. The van der Waals surface area contributed by atoms with Crippen LogP contribution in [0.3, 0.4) is 0 Å². The molecule has 0 aliphatic heterocycles. The maximum Gasteiger partial charge on any atom is 0.404 e. The summed E-state index contributed by atoms with van der Waals surface area (Å²) >= 11 is 0. The number of pyridine rings is 1. The maximum absolute atomic E-state index is 10.5. The summed E-state index contributed by atoms with van der Waals surface area (Å²) in [4.78, 5) is 19.0. The molecule has 3 rings (SSSR count). The number of nitrogens with zero attached hydrogens (tertiary/aromatic N) is 2. The maximum atomic E-state index is 10.5. The van der Waals surface area contributed by atoms with E-state index in [4.69, 9.17) is 14.3 Å². The molecule has 24 heavy (non-hydrogen) atoms. The first-order valence-electron chi connectivity index (χ1n) is 7.19. The lowest BCUT2D eigenvalue weighted by Gasteiger charge is -2.12. The first-order chi connectivity index (χ1) is 11.5. The summed E-state index contributed by atoms with van der Waals surface area (Å²) < 4.78 is 11.0. The number of aromatic nitrogens is 2. The number of aromatic hydroxyl groups is 1. The summed E-state index contributed by atoms with van der Waals surface area (Å²) in [6, 6.07) is 7.72. The summed E-state index contributed by atoms with van der Waals surface area (Å²) in [5.41, 5.74) is 1.62. The van der Waals surface area contributed by atoms with Gasteiger partial charge in [0, 0.05) is 6.07 Å². The number of amides is 1. The minimum atomic E-state index is -1.10. The minimum absolute atomic E-state index is 0.103. The molecule has 2 aromatic heterocycles. The number of hydrogen-bond acceptors (Lipinski definition) is 6. The Morgan fingerprint density at radius 2 is 2.21 bits per heavy atom. The quantitative estimate of drug-likeness (QED) is 0.658. The van der Waals surface area contributed by atoms with Crippen molar-refractivity contribution < 1.29 is 24.2 Å². The van der Waals surface area contributed by atoms with Crippen molar-refractivity contribution in [2.24, 2.45) is 0 Å². The lowest BCUT2D eigenvalue weighted by molar-refractivity contribution is 0.183. The largest absolute Gasteiger partial charge is 0.508 e. The van der Waals surface area contributed by atoms with E-state index in [0.717, 1.165) is 0 Å². The van der Waals surface area contributed by atoms with Gasteiger partial charge in [-0.15, -0.1) is 0 Å². The second-order valence-electron chi connectivity index (χ2n) is 5.21. The second-order valence-corrected chi connectivity index (χ2v) is 5.21. The van der Waals surface area contributed by atoms with Crippen LogP contribution in [0.2, 0.25) is 0 Å². The Hall–Kier alpha value is -3.29. The minimum Gasteiger partial charge on any atom is -0.508 e. The number of fused-ring (bicyclic) bond motifs is 1. The highest BCUT2D eigenvalue weighted by molar-refractivity contribution is 5.77. The van der Waals surface area contributed by atoms with Crippen LogP contribution in [0.4, 0.5) is 4.79 Å². The molecule has 3 N–H and O–H groups in total. The lowest BCUT2D eigenvalue weighted by atomic mass is 10.3. The number of carbonyl (C=O) groups is 1. The van der Waals surface area contributed by atoms with E-state index in [1.54, 1.807) is 25.1 Å². The molecule has 0 unspecified atom stereocenters. The van der Waals surface area contributed by atoms with Crippen LogP contribution in [0.15, 0.2) is 40.9 Å². The fourth-order valence-electron chi connectivity index (χ4n) is 2.09. The molecule has 0 bridgehead atoms. The first-order valence-corrected chi connectivity index (χ1v) is 7.19. The Labute approximate surface area is 136 Å². The van der Waals surface area contributed by atoms with Crippen LogP contribution in [-0.4, -0.2) is 38.9 Å². The monoisotopic (exact) mass is 329 g/mol. The van der Waals surface area contributed by atoms with Gasteiger partial charge in [-0.2, -0.15) is 0 Å². The fourth-order valence-corrected chi connectivity index (χ4v) is 2.09. The highest BCUT2D eigenvalue weighted by Crippen LogP contribution is 2.26. The average molecular weight is 329 g/mol. The Bertz CT molecular complexity index is 860. The molecule has 0 fully saturated rings. The Morgan fingerprint density at radius 1 is 1.38 bits per heavy atom. The van der Waals surface area contributed by atoms with Crippen molar-refractivity contribution in [3.8, 4) is 23.1 Å². The van der Waals surface area contributed by atoms with Gasteiger partial charge in [0.05, 0.1) is 12.2 Å². The fraction of sp³-hybridized carbons (Fsp3) is 0.188. The molecular formula is C16H15N3O5. The molecule has 0 spiro atoms. The normalized spacial score (nSPS) is 12.0. The molecule has 0 saturated heterocycles. The number of carboxylic acid groups (broad SMARTS) is 1. The molecule has 3 aromatic rings. The van der Waals surface area contributed by atoms with Gasteiger partial charge in [-0.1, -0.05) is 0 Å². The molecule has 1 aromatic carbocycles. The van der Waals surface area contributed by atoms with Gasteiger partial charge < -0.3 is 24.7 Å². The van der Waals surface area contributed by atoms with Gasteiger partial charge in [-0.3, -0.25) is 0 Å². The van der Waals surface area contributed by atoms with Crippen molar-refractivity contribution in [1.29, 1.82) is 0 Å². The van der Waals surface area contributed by atoms with E-state index in [2.05, 4.69) is 15.3 Å². The Kier molecular flexibility index (Phi) is 4.19. The summed E-state index contributed by atoms with van der Waals surface area (Å²) in [5.74, 6) is 0.945. The predicted octanol–water partition coefficient (Wildman–Crippen LogP) is 2.63. The third kappa shape index (κ3) is 3.54. The highest BCUT2D eigenvalue weighted by atomic mass is 16.5.